The number of carboxylic acids is 1. The molecule has 21 heavy (non-hydrogen) atoms. The van der Waals surface area contributed by atoms with Crippen molar-refractivity contribution < 1.29 is 14.6 Å². The quantitative estimate of drug-likeness (QED) is 0.555. The fourth-order valence-electron chi connectivity index (χ4n) is 2.46. The van der Waals surface area contributed by atoms with Crippen LogP contribution >= 0.6 is 0 Å². The highest BCUT2D eigenvalue weighted by Crippen LogP contribution is 2.26. The topological polar surface area (TPSA) is 46.5 Å². The van der Waals surface area contributed by atoms with Gasteiger partial charge in [-0.3, -0.25) is 0 Å². The highest BCUT2D eigenvalue weighted by atomic mass is 16.5. The van der Waals surface area contributed by atoms with Gasteiger partial charge in [0.25, 0.3) is 0 Å². The molecule has 118 valence electrons. The second-order valence-corrected chi connectivity index (χ2v) is 6.20. The third-order valence-corrected chi connectivity index (χ3v) is 3.92. The lowest BCUT2D eigenvalue weighted by Crippen LogP contribution is -2.29. The van der Waals surface area contributed by atoms with Crippen molar-refractivity contribution in [1.29, 1.82) is 0 Å². The summed E-state index contributed by atoms with van der Waals surface area (Å²) in [6.45, 7) is 10.6. The maximum absolute atomic E-state index is 10.8. The summed E-state index contributed by atoms with van der Waals surface area (Å²) in [4.78, 5) is 10.8. The van der Waals surface area contributed by atoms with Crippen LogP contribution in [-0.4, -0.2) is 23.8 Å². The van der Waals surface area contributed by atoms with Crippen molar-refractivity contribution in [2.75, 3.05) is 6.61 Å². The zero-order chi connectivity index (χ0) is 15.8. The van der Waals surface area contributed by atoms with Crippen molar-refractivity contribution in [2.45, 2.75) is 59.0 Å². The maximum atomic E-state index is 10.8. The SMILES string of the molecule is C=C(C(=O)O)[C@@H]1CC[C@@H](C/C=C(\C)CCC=C(C)C)CO1. The van der Waals surface area contributed by atoms with E-state index in [9.17, 15) is 4.79 Å². The molecular weight excluding hydrogens is 264 g/mol. The molecule has 1 aliphatic rings. The van der Waals surface area contributed by atoms with E-state index in [-0.39, 0.29) is 11.7 Å². The molecule has 0 amide bonds. The Morgan fingerprint density at radius 1 is 1.29 bits per heavy atom. The van der Waals surface area contributed by atoms with Gasteiger partial charge in [0.05, 0.1) is 18.3 Å². The molecule has 0 aromatic rings. The van der Waals surface area contributed by atoms with Crippen molar-refractivity contribution in [3.8, 4) is 0 Å². The van der Waals surface area contributed by atoms with Crippen molar-refractivity contribution >= 4 is 5.97 Å². The normalized spacial score (nSPS) is 22.7. The van der Waals surface area contributed by atoms with E-state index in [4.69, 9.17) is 9.84 Å². The summed E-state index contributed by atoms with van der Waals surface area (Å²) in [6, 6.07) is 0. The van der Waals surface area contributed by atoms with Crippen LogP contribution < -0.4 is 0 Å². The predicted molar refractivity (Wildman–Crippen MR) is 86.3 cm³/mol. The molecule has 1 N–H and O–H groups in total. The fraction of sp³-hybridized carbons (Fsp3) is 0.611. The first kappa shape index (κ1) is 17.7. The summed E-state index contributed by atoms with van der Waals surface area (Å²) >= 11 is 0. The summed E-state index contributed by atoms with van der Waals surface area (Å²) < 4.78 is 5.64. The average Bonchev–Trinajstić information content (AvgIpc) is 2.44. The Morgan fingerprint density at radius 3 is 2.52 bits per heavy atom. The summed E-state index contributed by atoms with van der Waals surface area (Å²) in [5.41, 5.74) is 2.97. The van der Waals surface area contributed by atoms with Crippen LogP contribution in [0, 0.1) is 5.92 Å². The van der Waals surface area contributed by atoms with Crippen LogP contribution in [0.15, 0.2) is 35.5 Å². The Kier molecular flexibility index (Phi) is 7.44. The minimum atomic E-state index is -0.950. The molecule has 0 unspecified atom stereocenters. The lowest BCUT2D eigenvalue weighted by molar-refractivity contribution is -0.134. The van der Waals surface area contributed by atoms with Gasteiger partial charge in [-0.25, -0.2) is 4.79 Å². The van der Waals surface area contributed by atoms with E-state index in [0.717, 1.165) is 32.1 Å². The van der Waals surface area contributed by atoms with E-state index in [0.29, 0.717) is 12.5 Å². The summed E-state index contributed by atoms with van der Waals surface area (Å²) in [6.07, 6.45) is 9.27. The van der Waals surface area contributed by atoms with Crippen molar-refractivity contribution in [3.63, 3.8) is 0 Å². The Bertz CT molecular complexity index is 420. The molecular formula is C18H28O3. The number of hydrogen-bond donors (Lipinski definition) is 1. The lowest BCUT2D eigenvalue weighted by atomic mass is 9.92. The standard InChI is InChI=1S/C18H28O3/c1-13(2)6-5-7-14(3)8-9-16-10-11-17(21-12-16)15(4)18(19)20/h6,8,16-17H,4-5,7,9-12H2,1-3H3,(H,19,20)/b14-8+/t16-,17+/m1/s1. The van der Waals surface area contributed by atoms with Crippen LogP contribution in [0.3, 0.4) is 0 Å². The highest BCUT2D eigenvalue weighted by Gasteiger charge is 2.25. The second-order valence-electron chi connectivity index (χ2n) is 6.20. The van der Waals surface area contributed by atoms with E-state index < -0.39 is 5.97 Å². The maximum Gasteiger partial charge on any atom is 0.333 e. The summed E-state index contributed by atoms with van der Waals surface area (Å²) in [7, 11) is 0. The van der Waals surface area contributed by atoms with Gasteiger partial charge < -0.3 is 9.84 Å². The molecule has 3 heteroatoms. The number of allylic oxidation sites excluding steroid dienone is 4. The number of carbonyl (C=O) groups is 1. The molecule has 1 fully saturated rings. The van der Waals surface area contributed by atoms with Crippen molar-refractivity contribution in [1.82, 2.24) is 0 Å². The van der Waals surface area contributed by atoms with Crippen molar-refractivity contribution in [3.05, 3.63) is 35.5 Å². The smallest absolute Gasteiger partial charge is 0.333 e. The molecule has 1 saturated heterocycles. The number of aliphatic carboxylic acids is 1. The molecule has 0 spiro atoms. The molecule has 1 heterocycles. The molecule has 1 rings (SSSR count). The van der Waals surface area contributed by atoms with Gasteiger partial charge in [-0.15, -0.1) is 0 Å². The zero-order valence-electron chi connectivity index (χ0n) is 13.5. The molecule has 0 aliphatic carbocycles. The second kappa shape index (κ2) is 8.83. The third-order valence-electron chi connectivity index (χ3n) is 3.92. The van der Waals surface area contributed by atoms with Crippen LogP contribution in [0.25, 0.3) is 0 Å². The predicted octanol–water partition coefficient (Wildman–Crippen LogP) is 4.51. The third kappa shape index (κ3) is 6.76. The first-order valence-electron chi connectivity index (χ1n) is 7.72. The molecule has 0 aromatic carbocycles. The Labute approximate surface area is 128 Å². The van der Waals surface area contributed by atoms with Gasteiger partial charge in [0, 0.05) is 0 Å². The Hall–Kier alpha value is -1.35. The average molecular weight is 292 g/mol. The van der Waals surface area contributed by atoms with E-state index in [1.165, 1.54) is 11.1 Å². The van der Waals surface area contributed by atoms with Crippen LogP contribution in [0.4, 0.5) is 0 Å². The largest absolute Gasteiger partial charge is 0.478 e. The van der Waals surface area contributed by atoms with E-state index in [1.54, 1.807) is 0 Å². The number of ether oxygens (including phenoxy) is 1. The van der Waals surface area contributed by atoms with E-state index in [2.05, 4.69) is 39.5 Å². The van der Waals surface area contributed by atoms with Crippen molar-refractivity contribution in [2.24, 2.45) is 5.92 Å². The van der Waals surface area contributed by atoms with Gasteiger partial charge in [-0.1, -0.05) is 29.9 Å². The van der Waals surface area contributed by atoms with Gasteiger partial charge >= 0.3 is 5.97 Å². The number of rotatable bonds is 7. The first-order chi connectivity index (χ1) is 9.90. The number of carboxylic acid groups (broad SMARTS) is 1. The molecule has 0 bridgehead atoms. The fourth-order valence-corrected chi connectivity index (χ4v) is 2.46. The monoisotopic (exact) mass is 292 g/mol. The number of hydrogen-bond acceptors (Lipinski definition) is 2. The summed E-state index contributed by atoms with van der Waals surface area (Å²) in [5.74, 6) is -0.449. The molecule has 2 atom stereocenters. The molecule has 0 saturated carbocycles. The van der Waals surface area contributed by atoms with Gasteiger partial charge in [0.1, 0.15) is 0 Å². The zero-order valence-corrected chi connectivity index (χ0v) is 13.5. The van der Waals surface area contributed by atoms with Gasteiger partial charge in [0.2, 0.25) is 0 Å². The lowest BCUT2D eigenvalue weighted by Gasteiger charge is -2.28. The summed E-state index contributed by atoms with van der Waals surface area (Å²) in [5, 5.41) is 8.90. The van der Waals surface area contributed by atoms with Crippen LogP contribution in [-0.2, 0) is 9.53 Å². The van der Waals surface area contributed by atoms with Crippen LogP contribution in [0.2, 0.25) is 0 Å². The first-order valence-corrected chi connectivity index (χ1v) is 7.72. The minimum absolute atomic E-state index is 0.182. The van der Waals surface area contributed by atoms with Gasteiger partial charge in [-0.2, -0.15) is 0 Å². The molecule has 0 aromatic heterocycles. The molecule has 0 radical (unpaired) electrons. The minimum Gasteiger partial charge on any atom is -0.478 e. The van der Waals surface area contributed by atoms with Crippen LogP contribution in [0.1, 0.15) is 52.9 Å². The van der Waals surface area contributed by atoms with Gasteiger partial charge in [-0.05, 0) is 58.8 Å². The Balaban J connectivity index is 2.31. The van der Waals surface area contributed by atoms with Gasteiger partial charge in [0.15, 0.2) is 0 Å². The van der Waals surface area contributed by atoms with E-state index in [1.807, 2.05) is 0 Å². The Morgan fingerprint density at radius 2 is 2.00 bits per heavy atom. The van der Waals surface area contributed by atoms with E-state index >= 15 is 0 Å². The highest BCUT2D eigenvalue weighted by molar-refractivity contribution is 5.86. The molecule has 3 nitrogen and oxygen atoms in total. The molecule has 1 aliphatic heterocycles. The van der Waals surface area contributed by atoms with Crippen LogP contribution in [0.5, 0.6) is 0 Å².